The molecule has 37 heavy (non-hydrogen) atoms. The van der Waals surface area contributed by atoms with Gasteiger partial charge in [-0.15, -0.1) is 0 Å². The van der Waals surface area contributed by atoms with Crippen LogP contribution in [0.2, 0.25) is 10.0 Å². The van der Waals surface area contributed by atoms with E-state index >= 15 is 0 Å². The van der Waals surface area contributed by atoms with Crippen LogP contribution < -0.4 is 4.74 Å². The minimum absolute atomic E-state index is 0.0973. The molecular formula is C28H22BrCl2N3O2S. The lowest BCUT2D eigenvalue weighted by Gasteiger charge is -2.09. The molecule has 9 heteroatoms. The highest BCUT2D eigenvalue weighted by molar-refractivity contribution is 9.10. The first kappa shape index (κ1) is 25.9. The molecule has 188 valence electrons. The van der Waals surface area contributed by atoms with Gasteiger partial charge in [0.1, 0.15) is 12.4 Å². The third-order valence-electron chi connectivity index (χ3n) is 5.97. The smallest absolute Gasteiger partial charge is 0.266 e. The van der Waals surface area contributed by atoms with Crippen molar-refractivity contribution in [2.45, 2.75) is 13.5 Å². The summed E-state index contributed by atoms with van der Waals surface area (Å²) < 4.78 is 9.00. The van der Waals surface area contributed by atoms with Crippen molar-refractivity contribution in [3.63, 3.8) is 0 Å². The minimum atomic E-state index is -0.0973. The molecule has 0 bridgehead atoms. The van der Waals surface area contributed by atoms with Gasteiger partial charge < -0.3 is 9.30 Å². The fourth-order valence-electron chi connectivity index (χ4n) is 3.97. The Balaban J connectivity index is 1.43. The van der Waals surface area contributed by atoms with Gasteiger partial charge in [-0.1, -0.05) is 57.3 Å². The molecule has 2 heterocycles. The number of aryl methyl sites for hydroxylation is 1. The maximum Gasteiger partial charge on any atom is 0.266 e. The Bertz CT molecular complexity index is 1580. The second kappa shape index (κ2) is 11.0. The minimum Gasteiger partial charge on any atom is -0.490 e. The molecule has 1 amide bonds. The Labute approximate surface area is 237 Å². The van der Waals surface area contributed by atoms with Crippen LogP contribution in [0.15, 0.2) is 81.2 Å². The topological polar surface area (TPSA) is 46.8 Å². The number of nitrogens with zero attached hydrogens (tertiary/aromatic N) is 3. The zero-order chi connectivity index (χ0) is 26.1. The van der Waals surface area contributed by atoms with Gasteiger partial charge in [0.15, 0.2) is 5.17 Å². The zero-order valence-electron chi connectivity index (χ0n) is 20.0. The highest BCUT2D eigenvalue weighted by atomic mass is 79.9. The fourth-order valence-corrected chi connectivity index (χ4v) is 5.67. The number of aliphatic imine (C=N–C) groups is 1. The monoisotopic (exact) mass is 613 g/mol. The van der Waals surface area contributed by atoms with E-state index in [1.54, 1.807) is 18.0 Å². The number of ether oxygens (including phenoxy) is 1. The number of carbonyl (C=O) groups is 1. The standard InChI is InChI=1S/C28H22BrCl2N3O2S/c1-17-7-9-20(15-23(17)31)32-28-33(2)27(35)26(37-28)13-18-16-34(24-10-8-19(29)14-21(18)24)11-12-36-25-6-4-3-5-22(25)30/h3-10,13-16H,11-12H2,1-2H3/b26-13-,32-28?. The van der Waals surface area contributed by atoms with Crippen molar-refractivity contribution >= 4 is 84.6 Å². The first-order chi connectivity index (χ1) is 17.8. The summed E-state index contributed by atoms with van der Waals surface area (Å²) in [4.78, 5) is 19.9. The Morgan fingerprint density at radius 2 is 1.89 bits per heavy atom. The normalized spacial score (nSPS) is 15.9. The molecular weight excluding hydrogens is 593 g/mol. The average Bonchev–Trinajstić information content (AvgIpc) is 3.34. The van der Waals surface area contributed by atoms with Gasteiger partial charge in [-0.05, 0) is 72.8 Å². The summed E-state index contributed by atoms with van der Waals surface area (Å²) >= 11 is 17.4. The summed E-state index contributed by atoms with van der Waals surface area (Å²) in [6, 6.07) is 19.2. The number of halogens is 3. The molecule has 1 aliphatic rings. The maximum absolute atomic E-state index is 13.1. The number of amidine groups is 1. The second-order valence-corrected chi connectivity index (χ2v) is 11.3. The van der Waals surface area contributed by atoms with Gasteiger partial charge in [0.25, 0.3) is 5.91 Å². The highest BCUT2D eigenvalue weighted by Crippen LogP contribution is 2.36. The van der Waals surface area contributed by atoms with Gasteiger partial charge in [0.05, 0.1) is 22.2 Å². The summed E-state index contributed by atoms with van der Waals surface area (Å²) in [5.41, 5.74) is 3.68. The van der Waals surface area contributed by atoms with Gasteiger partial charge in [0, 0.05) is 39.2 Å². The van der Waals surface area contributed by atoms with Crippen molar-refractivity contribution in [3.8, 4) is 5.75 Å². The molecule has 0 N–H and O–H groups in total. The van der Waals surface area contributed by atoms with Crippen LogP contribution in [0.4, 0.5) is 5.69 Å². The first-order valence-corrected chi connectivity index (χ1v) is 13.8. The molecule has 0 aliphatic carbocycles. The van der Waals surface area contributed by atoms with Crippen molar-refractivity contribution in [1.29, 1.82) is 0 Å². The van der Waals surface area contributed by atoms with Crippen LogP contribution in [0.5, 0.6) is 5.75 Å². The van der Waals surface area contributed by atoms with E-state index in [1.807, 2.05) is 61.7 Å². The summed E-state index contributed by atoms with van der Waals surface area (Å²) in [5.74, 6) is 0.559. The molecule has 5 rings (SSSR count). The van der Waals surface area contributed by atoms with E-state index in [2.05, 4.69) is 37.6 Å². The molecule has 3 aromatic carbocycles. The van der Waals surface area contributed by atoms with Crippen LogP contribution in [-0.4, -0.2) is 34.2 Å². The van der Waals surface area contributed by atoms with Gasteiger partial charge >= 0.3 is 0 Å². The van der Waals surface area contributed by atoms with Crippen LogP contribution >= 0.6 is 50.9 Å². The predicted octanol–water partition coefficient (Wildman–Crippen LogP) is 8.33. The Morgan fingerprint density at radius 3 is 2.68 bits per heavy atom. The molecule has 0 saturated carbocycles. The van der Waals surface area contributed by atoms with E-state index in [1.165, 1.54) is 11.8 Å². The zero-order valence-corrected chi connectivity index (χ0v) is 24.0. The van der Waals surface area contributed by atoms with Crippen LogP contribution in [0, 0.1) is 6.92 Å². The highest BCUT2D eigenvalue weighted by Gasteiger charge is 2.30. The Hall–Kier alpha value is -2.71. The molecule has 0 radical (unpaired) electrons. The molecule has 5 nitrogen and oxygen atoms in total. The van der Waals surface area contributed by atoms with E-state index in [9.17, 15) is 4.79 Å². The van der Waals surface area contributed by atoms with Crippen LogP contribution in [0.3, 0.4) is 0 Å². The number of likely N-dealkylation sites (N-methyl/N-ethyl adjacent to an activating group) is 1. The van der Waals surface area contributed by atoms with Crippen molar-refractivity contribution in [2.75, 3.05) is 13.7 Å². The molecule has 1 aromatic heterocycles. The first-order valence-electron chi connectivity index (χ1n) is 11.5. The van der Waals surface area contributed by atoms with Crippen molar-refractivity contribution in [1.82, 2.24) is 9.47 Å². The average molecular weight is 615 g/mol. The van der Waals surface area contributed by atoms with E-state index in [0.29, 0.717) is 44.7 Å². The van der Waals surface area contributed by atoms with E-state index in [-0.39, 0.29) is 5.91 Å². The number of benzene rings is 3. The van der Waals surface area contributed by atoms with Crippen LogP contribution in [-0.2, 0) is 11.3 Å². The van der Waals surface area contributed by atoms with Gasteiger partial charge in [0.2, 0.25) is 0 Å². The maximum atomic E-state index is 13.1. The number of hydrogen-bond acceptors (Lipinski definition) is 4. The Morgan fingerprint density at radius 1 is 1.08 bits per heavy atom. The number of amides is 1. The number of rotatable bonds is 6. The lowest BCUT2D eigenvalue weighted by Crippen LogP contribution is -2.23. The van der Waals surface area contributed by atoms with Crippen molar-refractivity contribution in [2.24, 2.45) is 4.99 Å². The molecule has 1 fully saturated rings. The second-order valence-electron chi connectivity index (χ2n) is 8.52. The summed E-state index contributed by atoms with van der Waals surface area (Å²) in [6.07, 6.45) is 3.97. The van der Waals surface area contributed by atoms with E-state index in [0.717, 1.165) is 26.5 Å². The summed E-state index contributed by atoms with van der Waals surface area (Å²) in [6.45, 7) is 3.01. The number of fused-ring (bicyclic) bond motifs is 1. The Kier molecular flexibility index (Phi) is 7.67. The van der Waals surface area contributed by atoms with Gasteiger partial charge in [-0.2, -0.15) is 0 Å². The van der Waals surface area contributed by atoms with Gasteiger partial charge in [-0.25, -0.2) is 4.99 Å². The summed E-state index contributed by atoms with van der Waals surface area (Å²) in [7, 11) is 1.73. The number of thioether (sulfide) groups is 1. The predicted molar refractivity (Wildman–Crippen MR) is 158 cm³/mol. The van der Waals surface area contributed by atoms with E-state index in [4.69, 9.17) is 27.9 Å². The number of carbonyl (C=O) groups excluding carboxylic acids is 1. The number of para-hydroxylation sites is 1. The molecule has 0 atom stereocenters. The fraction of sp³-hybridized carbons (Fsp3) is 0.143. The summed E-state index contributed by atoms with van der Waals surface area (Å²) in [5, 5.41) is 2.87. The van der Waals surface area contributed by atoms with Crippen LogP contribution in [0.1, 0.15) is 11.1 Å². The number of aromatic nitrogens is 1. The molecule has 0 unspecified atom stereocenters. The SMILES string of the molecule is Cc1ccc(N=C2S/C(=C\c3cn(CCOc4ccccc4Cl)c4ccc(Br)cc34)C(=O)N2C)cc1Cl. The van der Waals surface area contributed by atoms with Crippen LogP contribution in [0.25, 0.3) is 17.0 Å². The quantitative estimate of drug-likeness (QED) is 0.205. The number of hydrogen-bond donors (Lipinski definition) is 0. The lowest BCUT2D eigenvalue weighted by molar-refractivity contribution is -0.121. The lowest BCUT2D eigenvalue weighted by atomic mass is 10.1. The molecule has 1 saturated heterocycles. The third kappa shape index (κ3) is 5.60. The van der Waals surface area contributed by atoms with E-state index < -0.39 is 0 Å². The largest absolute Gasteiger partial charge is 0.490 e. The molecule has 0 spiro atoms. The third-order valence-corrected chi connectivity index (χ3v) is 8.24. The van der Waals surface area contributed by atoms with Gasteiger partial charge in [-0.3, -0.25) is 9.69 Å². The van der Waals surface area contributed by atoms with Crippen molar-refractivity contribution < 1.29 is 9.53 Å². The molecule has 1 aliphatic heterocycles. The molecule has 4 aromatic rings. The van der Waals surface area contributed by atoms with Crippen molar-refractivity contribution in [3.05, 3.63) is 97.4 Å².